The van der Waals surface area contributed by atoms with Crippen molar-refractivity contribution in [2.45, 2.75) is 71.7 Å². The molecule has 1 aliphatic heterocycles. The second kappa shape index (κ2) is 12.3. The van der Waals surface area contributed by atoms with Crippen molar-refractivity contribution in [2.24, 2.45) is 5.92 Å². The Morgan fingerprint density at radius 2 is 1.88 bits per heavy atom. The van der Waals surface area contributed by atoms with Gasteiger partial charge in [-0.2, -0.15) is 0 Å². The fraction of sp³-hybridized carbons (Fsp3) is 0.654. The monoisotopic (exact) mass is 476 g/mol. The number of nitrogens with zero attached hydrogens (tertiary/aromatic N) is 2. The van der Waals surface area contributed by atoms with Crippen LogP contribution in [0.5, 0.6) is 0 Å². The molecule has 0 amide bonds. The van der Waals surface area contributed by atoms with E-state index in [1.807, 2.05) is 29.4 Å². The van der Waals surface area contributed by atoms with Gasteiger partial charge in [0.15, 0.2) is 8.32 Å². The highest BCUT2D eigenvalue weighted by Crippen LogP contribution is 2.38. The van der Waals surface area contributed by atoms with E-state index < -0.39 is 8.32 Å². The molecular weight excluding hydrogens is 432 g/mol. The van der Waals surface area contributed by atoms with Crippen LogP contribution < -0.4 is 0 Å². The zero-order chi connectivity index (χ0) is 24.6. The molecule has 6 nitrogen and oxygen atoms in total. The lowest BCUT2D eigenvalue weighted by Gasteiger charge is -2.39. The van der Waals surface area contributed by atoms with Gasteiger partial charge in [0.25, 0.3) is 0 Å². The minimum absolute atomic E-state index is 0.149. The highest BCUT2D eigenvalue weighted by molar-refractivity contribution is 6.74. The minimum atomic E-state index is -1.82. The zero-order valence-corrected chi connectivity index (χ0v) is 22.9. The molecule has 1 heterocycles. The van der Waals surface area contributed by atoms with Crippen LogP contribution in [0.25, 0.3) is 0 Å². The number of carbonyl (C=O) groups excluding carboxylic acids is 1. The molecule has 0 saturated carbocycles. The summed E-state index contributed by atoms with van der Waals surface area (Å²) in [5.41, 5.74) is 1.73. The van der Waals surface area contributed by atoms with Gasteiger partial charge in [-0.15, -0.1) is 5.17 Å². The van der Waals surface area contributed by atoms with Gasteiger partial charge in [0.2, 0.25) is 0 Å². The first-order valence-electron chi connectivity index (χ1n) is 12.1. The number of rotatable bonds is 11. The van der Waals surface area contributed by atoms with Gasteiger partial charge in [-0.3, -0.25) is 4.84 Å². The van der Waals surface area contributed by atoms with Crippen LogP contribution in [0.3, 0.4) is 0 Å². The predicted octanol–water partition coefficient (Wildman–Crippen LogP) is 5.47. The molecule has 0 N–H and O–H groups in total. The lowest BCUT2D eigenvalue weighted by atomic mass is 10.1. The Balaban J connectivity index is 1.91. The van der Waals surface area contributed by atoms with Crippen molar-refractivity contribution >= 4 is 14.3 Å². The average molecular weight is 477 g/mol. The van der Waals surface area contributed by atoms with E-state index in [4.69, 9.17) is 14.0 Å². The van der Waals surface area contributed by atoms with E-state index >= 15 is 0 Å². The number of esters is 1. The molecular formula is C26H44N2O4Si. The van der Waals surface area contributed by atoms with Crippen LogP contribution in [0.1, 0.15) is 57.0 Å². The topological polar surface area (TPSA) is 51.2 Å². The lowest BCUT2D eigenvalue weighted by molar-refractivity contribution is -0.215. The van der Waals surface area contributed by atoms with Crippen molar-refractivity contribution in [3.63, 3.8) is 0 Å². The quantitative estimate of drug-likeness (QED) is 0.240. The van der Waals surface area contributed by atoms with Crippen molar-refractivity contribution in [1.82, 2.24) is 10.2 Å². The summed E-state index contributed by atoms with van der Waals surface area (Å²) in [6, 6.07) is 7.57. The molecule has 0 radical (unpaired) electrons. The molecule has 2 rings (SSSR count). The smallest absolute Gasteiger partial charge is 0.337 e. The Hall–Kier alpha value is -1.51. The molecule has 1 aliphatic rings. The third kappa shape index (κ3) is 8.65. The van der Waals surface area contributed by atoms with Crippen LogP contribution in [0.2, 0.25) is 18.1 Å². The van der Waals surface area contributed by atoms with Crippen molar-refractivity contribution < 1.29 is 18.8 Å². The van der Waals surface area contributed by atoms with Crippen LogP contribution in [0, 0.1) is 5.92 Å². The van der Waals surface area contributed by atoms with E-state index in [-0.39, 0.29) is 17.1 Å². The minimum Gasteiger partial charge on any atom is -0.465 e. The lowest BCUT2D eigenvalue weighted by Crippen LogP contribution is -2.44. The predicted molar refractivity (Wildman–Crippen MR) is 136 cm³/mol. The van der Waals surface area contributed by atoms with Crippen LogP contribution in [0.15, 0.2) is 36.4 Å². The van der Waals surface area contributed by atoms with Gasteiger partial charge in [0.05, 0.1) is 25.4 Å². The van der Waals surface area contributed by atoms with E-state index in [9.17, 15) is 4.79 Å². The van der Waals surface area contributed by atoms with E-state index in [2.05, 4.69) is 64.9 Å². The Bertz CT molecular complexity index is 771. The number of methoxy groups -OCH3 is 1. The molecule has 0 spiro atoms. The largest absolute Gasteiger partial charge is 0.465 e. The number of hydrogen-bond donors (Lipinski definition) is 0. The fourth-order valence-corrected chi connectivity index (χ4v) is 4.79. The summed E-state index contributed by atoms with van der Waals surface area (Å²) in [7, 11) is -0.425. The van der Waals surface area contributed by atoms with E-state index in [1.165, 1.54) is 7.11 Å². The van der Waals surface area contributed by atoms with E-state index in [1.54, 1.807) is 0 Å². The third-order valence-corrected chi connectivity index (χ3v) is 11.0. The molecule has 1 fully saturated rings. The molecule has 1 atom stereocenters. The number of ether oxygens (including phenoxy) is 1. The Morgan fingerprint density at radius 1 is 1.21 bits per heavy atom. The van der Waals surface area contributed by atoms with Gasteiger partial charge >= 0.3 is 5.97 Å². The molecule has 0 bridgehead atoms. The highest BCUT2D eigenvalue weighted by Gasteiger charge is 2.38. The van der Waals surface area contributed by atoms with Crippen LogP contribution >= 0.6 is 0 Å². The summed E-state index contributed by atoms with van der Waals surface area (Å²) in [5, 5.41) is 4.40. The molecule has 0 aromatic heterocycles. The van der Waals surface area contributed by atoms with Gasteiger partial charge in [-0.05, 0) is 54.6 Å². The molecule has 186 valence electrons. The second-order valence-electron chi connectivity index (χ2n) is 10.7. The normalized spacial score (nSPS) is 17.2. The van der Waals surface area contributed by atoms with Crippen molar-refractivity contribution in [3.8, 4) is 0 Å². The maximum absolute atomic E-state index is 11.6. The SMILES string of the molecule is COC(=O)c1ccc(CCN2OCCN2CC=CC(CC(C)C)O[Si](C)(C)C(C)(C)C)cc1. The first-order chi connectivity index (χ1) is 15.4. The van der Waals surface area contributed by atoms with E-state index in [0.717, 1.165) is 38.0 Å². The Morgan fingerprint density at radius 3 is 2.45 bits per heavy atom. The molecule has 1 saturated heterocycles. The molecule has 7 heteroatoms. The van der Waals surface area contributed by atoms with Crippen molar-refractivity contribution in [2.75, 3.05) is 33.4 Å². The first kappa shape index (κ1) is 27.7. The van der Waals surface area contributed by atoms with Crippen LogP contribution in [-0.4, -0.2) is 63.9 Å². The zero-order valence-electron chi connectivity index (χ0n) is 21.9. The molecule has 1 aromatic carbocycles. The molecule has 1 unspecified atom stereocenters. The Kier molecular flexibility index (Phi) is 10.3. The maximum atomic E-state index is 11.6. The summed E-state index contributed by atoms with van der Waals surface area (Å²) >= 11 is 0. The van der Waals surface area contributed by atoms with Crippen molar-refractivity contribution in [3.05, 3.63) is 47.5 Å². The standard InChI is InChI=1S/C26H44N2O4Si/c1-21(2)20-24(32-33(7,8)26(3,4)5)10-9-16-27-18-19-31-28(27)17-15-22-11-13-23(14-12-22)25(29)30-6/h9-14,21,24H,15-20H2,1-8H3. The summed E-state index contributed by atoms with van der Waals surface area (Å²) < 4.78 is 11.5. The van der Waals surface area contributed by atoms with Gasteiger partial charge in [-0.1, -0.05) is 58.9 Å². The van der Waals surface area contributed by atoms with Crippen LogP contribution in [0.4, 0.5) is 0 Å². The van der Waals surface area contributed by atoms with Gasteiger partial charge in [0, 0.05) is 19.6 Å². The third-order valence-electron chi connectivity index (χ3n) is 6.49. The van der Waals surface area contributed by atoms with E-state index in [0.29, 0.717) is 18.1 Å². The number of carbonyl (C=O) groups is 1. The number of hydrazine groups is 1. The fourth-order valence-electron chi connectivity index (χ4n) is 3.50. The first-order valence-corrected chi connectivity index (χ1v) is 15.0. The summed E-state index contributed by atoms with van der Waals surface area (Å²) in [6.07, 6.45) is 6.50. The van der Waals surface area contributed by atoms with Gasteiger partial charge in [0.1, 0.15) is 0 Å². The van der Waals surface area contributed by atoms with Crippen molar-refractivity contribution in [1.29, 1.82) is 0 Å². The number of hydroxylamine groups is 1. The number of hydrogen-bond acceptors (Lipinski definition) is 6. The molecule has 0 aliphatic carbocycles. The molecule has 1 aromatic rings. The Labute approximate surface area is 201 Å². The van der Waals surface area contributed by atoms with Crippen LogP contribution in [-0.2, 0) is 20.4 Å². The summed E-state index contributed by atoms with van der Waals surface area (Å²) in [4.78, 5) is 17.4. The van der Waals surface area contributed by atoms with Gasteiger partial charge in [-0.25, -0.2) is 9.80 Å². The van der Waals surface area contributed by atoms with Gasteiger partial charge < -0.3 is 9.16 Å². The highest BCUT2D eigenvalue weighted by atomic mass is 28.4. The molecule has 33 heavy (non-hydrogen) atoms. The summed E-state index contributed by atoms with van der Waals surface area (Å²) in [5.74, 6) is 0.275. The number of benzene rings is 1. The maximum Gasteiger partial charge on any atom is 0.337 e. The average Bonchev–Trinajstić information content (AvgIpc) is 3.17. The summed E-state index contributed by atoms with van der Waals surface area (Å²) in [6.45, 7) is 19.2. The second-order valence-corrected chi connectivity index (χ2v) is 15.5.